The first kappa shape index (κ1) is 20.3. The number of amides is 2. The van der Waals surface area contributed by atoms with Crippen molar-refractivity contribution in [2.24, 2.45) is 5.92 Å². The summed E-state index contributed by atoms with van der Waals surface area (Å²) in [5.41, 5.74) is 2.29. The van der Waals surface area contributed by atoms with Crippen molar-refractivity contribution in [2.75, 3.05) is 23.3 Å². The Morgan fingerprint density at radius 2 is 1.67 bits per heavy atom. The molecule has 0 atom stereocenters. The lowest BCUT2D eigenvalue weighted by molar-refractivity contribution is -0.117. The molecule has 2 aromatic rings. The second-order valence-corrected chi connectivity index (χ2v) is 8.00. The lowest BCUT2D eigenvalue weighted by Crippen LogP contribution is -2.33. The van der Waals surface area contributed by atoms with Crippen LogP contribution in [0.2, 0.25) is 0 Å². The van der Waals surface area contributed by atoms with E-state index >= 15 is 0 Å². The molecule has 0 unspecified atom stereocenters. The number of carbonyl (C=O) groups is 2. The van der Waals surface area contributed by atoms with Gasteiger partial charge in [0.05, 0.1) is 11.3 Å². The summed E-state index contributed by atoms with van der Waals surface area (Å²) >= 11 is 0. The summed E-state index contributed by atoms with van der Waals surface area (Å²) in [6, 6.07) is 8.48. The van der Waals surface area contributed by atoms with Gasteiger partial charge in [-0.25, -0.2) is 8.78 Å². The molecule has 158 valence electrons. The number of nitrogens with one attached hydrogen (secondary N) is 2. The van der Waals surface area contributed by atoms with Crippen LogP contribution in [0.4, 0.5) is 20.2 Å². The molecule has 5 nitrogen and oxygen atoms in total. The predicted octanol–water partition coefficient (Wildman–Crippen LogP) is 4.23. The van der Waals surface area contributed by atoms with Gasteiger partial charge in [0.15, 0.2) is 0 Å². The minimum absolute atomic E-state index is 0.0185. The van der Waals surface area contributed by atoms with Gasteiger partial charge in [-0.15, -0.1) is 0 Å². The summed E-state index contributed by atoms with van der Waals surface area (Å²) < 4.78 is 26.8. The van der Waals surface area contributed by atoms with Gasteiger partial charge >= 0.3 is 0 Å². The first-order valence-corrected chi connectivity index (χ1v) is 10.4. The van der Waals surface area contributed by atoms with Crippen LogP contribution in [0.15, 0.2) is 36.4 Å². The van der Waals surface area contributed by atoms with Crippen molar-refractivity contribution in [3.63, 3.8) is 0 Å². The van der Waals surface area contributed by atoms with Crippen LogP contribution in [0.3, 0.4) is 0 Å². The highest BCUT2D eigenvalue weighted by molar-refractivity contribution is 6.02. The van der Waals surface area contributed by atoms with E-state index in [1.807, 2.05) is 6.07 Å². The van der Waals surface area contributed by atoms with Crippen LogP contribution in [0.5, 0.6) is 0 Å². The molecule has 1 aliphatic carbocycles. The molecule has 7 heteroatoms. The van der Waals surface area contributed by atoms with Gasteiger partial charge in [-0.2, -0.15) is 0 Å². The summed E-state index contributed by atoms with van der Waals surface area (Å²) in [6.45, 7) is 1.71. The molecule has 1 saturated heterocycles. The molecule has 4 rings (SSSR count). The zero-order chi connectivity index (χ0) is 21.1. The molecular weight excluding hydrogens is 388 g/mol. The predicted molar refractivity (Wildman–Crippen MR) is 111 cm³/mol. The van der Waals surface area contributed by atoms with E-state index in [1.165, 1.54) is 12.1 Å². The summed E-state index contributed by atoms with van der Waals surface area (Å²) in [4.78, 5) is 27.2. The number of halogens is 2. The smallest absolute Gasteiger partial charge is 0.253 e. The second-order valence-electron chi connectivity index (χ2n) is 8.00. The average Bonchev–Trinajstić information content (AvgIpc) is 3.57. The van der Waals surface area contributed by atoms with Crippen LogP contribution in [-0.2, 0) is 11.3 Å². The number of piperidine rings is 1. The number of nitrogens with zero attached hydrogens (tertiary/aromatic N) is 1. The van der Waals surface area contributed by atoms with Crippen LogP contribution in [0, 0.1) is 17.6 Å². The van der Waals surface area contributed by atoms with E-state index in [1.54, 1.807) is 12.1 Å². The van der Waals surface area contributed by atoms with E-state index in [-0.39, 0.29) is 24.3 Å². The quantitative estimate of drug-likeness (QED) is 0.745. The Morgan fingerprint density at radius 3 is 2.33 bits per heavy atom. The maximum absolute atomic E-state index is 13.4. The zero-order valence-corrected chi connectivity index (χ0v) is 16.7. The van der Waals surface area contributed by atoms with Crippen molar-refractivity contribution in [1.82, 2.24) is 5.32 Å². The van der Waals surface area contributed by atoms with Gasteiger partial charge in [0, 0.05) is 37.3 Å². The third kappa shape index (κ3) is 4.96. The number of carbonyl (C=O) groups excluding carboxylic acids is 2. The van der Waals surface area contributed by atoms with Crippen LogP contribution in [0.1, 0.15) is 48.0 Å². The van der Waals surface area contributed by atoms with Crippen molar-refractivity contribution < 1.29 is 18.4 Å². The van der Waals surface area contributed by atoms with Gasteiger partial charge in [-0.05, 0) is 68.0 Å². The van der Waals surface area contributed by atoms with Crippen molar-refractivity contribution in [2.45, 2.75) is 38.6 Å². The zero-order valence-electron chi connectivity index (χ0n) is 16.7. The van der Waals surface area contributed by atoms with E-state index in [0.29, 0.717) is 16.8 Å². The van der Waals surface area contributed by atoms with Gasteiger partial charge in [0.1, 0.15) is 11.6 Å². The molecule has 2 amide bonds. The Hall–Kier alpha value is -2.96. The first-order valence-electron chi connectivity index (χ1n) is 10.4. The summed E-state index contributed by atoms with van der Waals surface area (Å²) in [5.74, 6) is -1.56. The lowest BCUT2D eigenvalue weighted by Gasteiger charge is -2.30. The maximum Gasteiger partial charge on any atom is 0.253 e. The summed E-state index contributed by atoms with van der Waals surface area (Å²) in [7, 11) is 0. The van der Waals surface area contributed by atoms with Crippen molar-refractivity contribution in [3.8, 4) is 0 Å². The van der Waals surface area contributed by atoms with Crippen molar-refractivity contribution in [3.05, 3.63) is 59.2 Å². The Balaban J connectivity index is 1.53. The van der Waals surface area contributed by atoms with Gasteiger partial charge in [-0.3, -0.25) is 9.59 Å². The number of hydrogen-bond acceptors (Lipinski definition) is 3. The molecule has 0 aromatic heterocycles. The van der Waals surface area contributed by atoms with Gasteiger partial charge in [0.2, 0.25) is 5.91 Å². The van der Waals surface area contributed by atoms with Crippen LogP contribution < -0.4 is 15.5 Å². The van der Waals surface area contributed by atoms with E-state index in [0.717, 1.165) is 56.9 Å². The number of benzene rings is 2. The monoisotopic (exact) mass is 413 g/mol. The fraction of sp³-hybridized carbons (Fsp3) is 0.391. The molecule has 1 aliphatic heterocycles. The number of hydrogen-bond donors (Lipinski definition) is 2. The Labute approximate surface area is 174 Å². The van der Waals surface area contributed by atoms with Crippen molar-refractivity contribution in [1.29, 1.82) is 0 Å². The van der Waals surface area contributed by atoms with E-state index in [9.17, 15) is 18.4 Å². The van der Waals surface area contributed by atoms with Gasteiger partial charge in [0.25, 0.3) is 5.91 Å². The molecule has 1 heterocycles. The Morgan fingerprint density at radius 1 is 0.967 bits per heavy atom. The molecule has 30 heavy (non-hydrogen) atoms. The van der Waals surface area contributed by atoms with Crippen LogP contribution in [-0.4, -0.2) is 24.9 Å². The third-order valence-corrected chi connectivity index (χ3v) is 5.53. The average molecular weight is 413 g/mol. The van der Waals surface area contributed by atoms with E-state index in [2.05, 4.69) is 15.5 Å². The fourth-order valence-electron chi connectivity index (χ4n) is 3.78. The molecular formula is C23H25F2N3O2. The van der Waals surface area contributed by atoms with Crippen molar-refractivity contribution >= 4 is 23.2 Å². The third-order valence-electron chi connectivity index (χ3n) is 5.53. The highest BCUT2D eigenvalue weighted by Gasteiger charge is 2.30. The van der Waals surface area contributed by atoms with Gasteiger partial charge in [-0.1, -0.05) is 0 Å². The molecule has 2 N–H and O–H groups in total. The SMILES string of the molecule is O=C(NCc1cc(F)cc(F)c1)c1ccc(NC(=O)C2CC2)cc1N1CCCCC1. The molecule has 1 saturated carbocycles. The number of rotatable bonds is 6. The standard InChI is InChI=1S/C23H25F2N3O2/c24-17-10-15(11-18(25)12-17)14-26-23(30)20-7-6-19(27-22(29)16-4-5-16)13-21(20)28-8-2-1-3-9-28/h6-7,10-13,16H,1-5,8-9,14H2,(H,26,30)(H,27,29). The van der Waals surface area contributed by atoms with Gasteiger partial charge < -0.3 is 15.5 Å². The first-order chi connectivity index (χ1) is 14.5. The molecule has 2 aromatic carbocycles. The molecule has 2 fully saturated rings. The number of anilines is 2. The fourth-order valence-corrected chi connectivity index (χ4v) is 3.78. The van der Waals surface area contributed by atoms with Crippen LogP contribution >= 0.6 is 0 Å². The molecule has 0 bridgehead atoms. The minimum atomic E-state index is -0.677. The lowest BCUT2D eigenvalue weighted by atomic mass is 10.1. The molecule has 2 aliphatic rings. The highest BCUT2D eigenvalue weighted by Crippen LogP contribution is 2.32. The Kier molecular flexibility index (Phi) is 5.97. The van der Waals surface area contributed by atoms with Crippen LogP contribution in [0.25, 0.3) is 0 Å². The second kappa shape index (κ2) is 8.81. The highest BCUT2D eigenvalue weighted by atomic mass is 19.1. The molecule has 0 spiro atoms. The van der Waals surface area contributed by atoms with E-state index in [4.69, 9.17) is 0 Å². The van der Waals surface area contributed by atoms with E-state index < -0.39 is 11.6 Å². The summed E-state index contributed by atoms with van der Waals surface area (Å²) in [5, 5.41) is 5.69. The topological polar surface area (TPSA) is 61.4 Å². The minimum Gasteiger partial charge on any atom is -0.371 e. The Bertz CT molecular complexity index is 933. The largest absolute Gasteiger partial charge is 0.371 e. The summed E-state index contributed by atoms with van der Waals surface area (Å²) in [6.07, 6.45) is 5.09. The normalized spacial score (nSPS) is 16.3. The maximum atomic E-state index is 13.4. The molecule has 0 radical (unpaired) electrons.